The number of morpholine rings is 1. The molecule has 2 aliphatic heterocycles. The molecular weight excluding hydrogens is 299 g/mol. The highest BCUT2D eigenvalue weighted by Crippen LogP contribution is 2.32. The van der Waals surface area contributed by atoms with Gasteiger partial charge < -0.3 is 19.5 Å². The fraction of sp³-hybridized carbons (Fsp3) is 0.500. The number of hydrogen-bond acceptors (Lipinski definition) is 3. The normalized spacial score (nSPS) is 22.0. The van der Waals surface area contributed by atoms with Gasteiger partial charge in [-0.3, -0.25) is 0 Å². The van der Waals surface area contributed by atoms with E-state index in [1.807, 2.05) is 9.80 Å². The molecule has 122 valence electrons. The first-order valence-electron chi connectivity index (χ1n) is 8.01. The number of urea groups is 1. The number of halogens is 1. The lowest BCUT2D eigenvalue weighted by Crippen LogP contribution is -2.48. The van der Waals surface area contributed by atoms with Crippen LogP contribution in [-0.2, 0) is 4.74 Å². The van der Waals surface area contributed by atoms with Crippen molar-refractivity contribution in [2.75, 3.05) is 32.8 Å². The summed E-state index contributed by atoms with van der Waals surface area (Å²) in [6.45, 7) is 3.18. The van der Waals surface area contributed by atoms with E-state index in [9.17, 15) is 9.18 Å². The Morgan fingerprint density at radius 1 is 1.30 bits per heavy atom. The van der Waals surface area contributed by atoms with Crippen molar-refractivity contribution >= 4 is 17.1 Å². The summed E-state index contributed by atoms with van der Waals surface area (Å²) < 4.78 is 18.6. The molecule has 0 spiro atoms. The lowest BCUT2D eigenvalue weighted by Gasteiger charge is -2.33. The number of rotatable bonds is 1. The number of carbonyl (C=O) groups is 1. The van der Waals surface area contributed by atoms with Crippen molar-refractivity contribution in [3.8, 4) is 0 Å². The van der Waals surface area contributed by atoms with E-state index in [2.05, 4.69) is 9.97 Å². The molecule has 1 N–H and O–H groups in total. The maximum atomic E-state index is 13.3. The van der Waals surface area contributed by atoms with E-state index in [4.69, 9.17) is 4.74 Å². The van der Waals surface area contributed by atoms with Crippen LogP contribution in [0.2, 0.25) is 0 Å². The van der Waals surface area contributed by atoms with Gasteiger partial charge in [0.1, 0.15) is 11.6 Å². The molecule has 4 rings (SSSR count). The Bertz CT molecular complexity index is 726. The highest BCUT2D eigenvalue weighted by atomic mass is 19.1. The summed E-state index contributed by atoms with van der Waals surface area (Å²) in [4.78, 5) is 24.2. The Labute approximate surface area is 133 Å². The van der Waals surface area contributed by atoms with E-state index in [-0.39, 0.29) is 17.9 Å². The number of benzene rings is 1. The van der Waals surface area contributed by atoms with Crippen molar-refractivity contribution < 1.29 is 13.9 Å². The summed E-state index contributed by atoms with van der Waals surface area (Å²) in [5.41, 5.74) is 1.40. The molecule has 2 fully saturated rings. The van der Waals surface area contributed by atoms with Crippen LogP contribution in [0, 0.1) is 5.82 Å². The quantitative estimate of drug-likeness (QED) is 0.877. The zero-order valence-corrected chi connectivity index (χ0v) is 12.8. The number of fused-ring (bicyclic) bond motifs is 1. The number of likely N-dealkylation sites (tertiary alicyclic amines) is 1. The third kappa shape index (κ3) is 2.65. The molecular formula is C16H19FN4O2. The minimum Gasteiger partial charge on any atom is -0.378 e. The molecule has 1 aromatic carbocycles. The van der Waals surface area contributed by atoms with Gasteiger partial charge in [0.25, 0.3) is 0 Å². The zero-order valence-electron chi connectivity index (χ0n) is 12.8. The number of aromatic amines is 1. The number of ether oxygens (including phenoxy) is 1. The molecule has 2 saturated heterocycles. The summed E-state index contributed by atoms with van der Waals surface area (Å²) in [6.07, 6.45) is 1.82. The fourth-order valence-corrected chi connectivity index (χ4v) is 3.38. The zero-order chi connectivity index (χ0) is 15.8. The first-order chi connectivity index (χ1) is 11.2. The van der Waals surface area contributed by atoms with Crippen molar-refractivity contribution in [3.05, 3.63) is 29.8 Å². The van der Waals surface area contributed by atoms with Gasteiger partial charge >= 0.3 is 6.03 Å². The molecule has 2 amide bonds. The molecule has 0 aliphatic carbocycles. The Morgan fingerprint density at radius 2 is 2.13 bits per heavy atom. The summed E-state index contributed by atoms with van der Waals surface area (Å²) >= 11 is 0. The van der Waals surface area contributed by atoms with Gasteiger partial charge in [-0.2, -0.15) is 0 Å². The van der Waals surface area contributed by atoms with Gasteiger partial charge in [0.05, 0.1) is 30.3 Å². The van der Waals surface area contributed by atoms with Gasteiger partial charge in [-0.25, -0.2) is 14.2 Å². The number of amides is 2. The predicted molar refractivity (Wildman–Crippen MR) is 82.5 cm³/mol. The summed E-state index contributed by atoms with van der Waals surface area (Å²) in [5.74, 6) is 0.449. The van der Waals surface area contributed by atoms with Gasteiger partial charge in [-0.05, 0) is 31.0 Å². The predicted octanol–water partition coefficient (Wildman–Crippen LogP) is 2.29. The van der Waals surface area contributed by atoms with Crippen molar-refractivity contribution in [2.24, 2.45) is 0 Å². The summed E-state index contributed by atoms with van der Waals surface area (Å²) in [6, 6.07) is 4.48. The molecule has 7 heteroatoms. The lowest BCUT2D eigenvalue weighted by atomic mass is 10.2. The Hall–Kier alpha value is -2.15. The van der Waals surface area contributed by atoms with Crippen LogP contribution in [0.25, 0.3) is 11.0 Å². The smallest absolute Gasteiger partial charge is 0.320 e. The molecule has 1 aromatic heterocycles. The third-order valence-electron chi connectivity index (χ3n) is 4.56. The summed E-state index contributed by atoms with van der Waals surface area (Å²) in [7, 11) is 0. The second kappa shape index (κ2) is 5.81. The second-order valence-electron chi connectivity index (χ2n) is 6.02. The average Bonchev–Trinajstić information content (AvgIpc) is 3.20. The van der Waals surface area contributed by atoms with Gasteiger partial charge in [-0.1, -0.05) is 0 Å². The maximum Gasteiger partial charge on any atom is 0.320 e. The Morgan fingerprint density at radius 3 is 2.96 bits per heavy atom. The summed E-state index contributed by atoms with van der Waals surface area (Å²) in [5, 5.41) is 0. The maximum absolute atomic E-state index is 13.3. The van der Waals surface area contributed by atoms with Crippen LogP contribution in [0.15, 0.2) is 18.2 Å². The number of nitrogens with one attached hydrogen (secondary N) is 1. The fourth-order valence-electron chi connectivity index (χ4n) is 3.38. The largest absolute Gasteiger partial charge is 0.378 e. The van der Waals surface area contributed by atoms with Crippen LogP contribution in [-0.4, -0.2) is 58.6 Å². The van der Waals surface area contributed by atoms with E-state index in [1.54, 1.807) is 6.07 Å². The van der Waals surface area contributed by atoms with Gasteiger partial charge in [0.2, 0.25) is 0 Å². The number of H-pyrrole nitrogens is 1. The second-order valence-corrected chi connectivity index (χ2v) is 6.02. The molecule has 0 saturated carbocycles. The van der Waals surface area contributed by atoms with Crippen molar-refractivity contribution in [1.29, 1.82) is 0 Å². The highest BCUT2D eigenvalue weighted by Gasteiger charge is 2.35. The number of imidazole rings is 1. The molecule has 2 aliphatic rings. The standard InChI is InChI=1S/C16H19FN4O2/c17-11-3-4-12-13(10-11)19-15(18-12)14-2-1-5-21(14)16(22)20-6-8-23-9-7-20/h3-4,10,14H,1-2,5-9H2,(H,18,19)/t14-/m1/s1. The van der Waals surface area contributed by atoms with E-state index in [0.717, 1.165) is 30.7 Å². The van der Waals surface area contributed by atoms with E-state index >= 15 is 0 Å². The first kappa shape index (κ1) is 14.4. The molecule has 0 unspecified atom stereocenters. The monoisotopic (exact) mass is 318 g/mol. The number of hydrogen-bond donors (Lipinski definition) is 1. The molecule has 6 nitrogen and oxygen atoms in total. The SMILES string of the molecule is O=C(N1CCOCC1)N1CCC[C@@H]1c1nc2ccc(F)cc2[nH]1. The third-order valence-corrected chi connectivity index (χ3v) is 4.56. The van der Waals surface area contributed by atoms with Crippen LogP contribution < -0.4 is 0 Å². The Kier molecular flexibility index (Phi) is 3.65. The van der Waals surface area contributed by atoms with Crippen LogP contribution in [0.1, 0.15) is 24.7 Å². The Balaban J connectivity index is 1.59. The topological polar surface area (TPSA) is 61.5 Å². The average molecular weight is 318 g/mol. The number of aromatic nitrogens is 2. The van der Waals surface area contributed by atoms with E-state index in [0.29, 0.717) is 31.8 Å². The number of carbonyl (C=O) groups excluding carboxylic acids is 1. The van der Waals surface area contributed by atoms with Crippen molar-refractivity contribution in [3.63, 3.8) is 0 Å². The lowest BCUT2D eigenvalue weighted by molar-refractivity contribution is 0.0419. The van der Waals surface area contributed by atoms with Gasteiger partial charge in [-0.15, -0.1) is 0 Å². The van der Waals surface area contributed by atoms with Crippen LogP contribution >= 0.6 is 0 Å². The molecule has 1 atom stereocenters. The van der Waals surface area contributed by atoms with Crippen molar-refractivity contribution in [2.45, 2.75) is 18.9 Å². The first-order valence-corrected chi connectivity index (χ1v) is 8.01. The van der Waals surface area contributed by atoms with E-state index < -0.39 is 0 Å². The molecule has 3 heterocycles. The van der Waals surface area contributed by atoms with E-state index in [1.165, 1.54) is 12.1 Å². The van der Waals surface area contributed by atoms with Crippen LogP contribution in [0.5, 0.6) is 0 Å². The molecule has 0 bridgehead atoms. The van der Waals surface area contributed by atoms with Gasteiger partial charge in [0.15, 0.2) is 0 Å². The highest BCUT2D eigenvalue weighted by molar-refractivity contribution is 5.77. The number of nitrogens with zero attached hydrogens (tertiary/aromatic N) is 3. The molecule has 23 heavy (non-hydrogen) atoms. The van der Waals surface area contributed by atoms with Gasteiger partial charge in [0, 0.05) is 19.6 Å². The van der Waals surface area contributed by atoms with Crippen molar-refractivity contribution in [1.82, 2.24) is 19.8 Å². The molecule has 0 radical (unpaired) electrons. The molecule has 2 aromatic rings. The van der Waals surface area contributed by atoms with Crippen LogP contribution in [0.4, 0.5) is 9.18 Å². The minimum atomic E-state index is -0.291. The van der Waals surface area contributed by atoms with Crippen LogP contribution in [0.3, 0.4) is 0 Å². The minimum absolute atomic E-state index is 0.0439.